The van der Waals surface area contributed by atoms with E-state index in [4.69, 9.17) is 23.2 Å². The summed E-state index contributed by atoms with van der Waals surface area (Å²) in [4.78, 5) is 10.00. The van der Waals surface area contributed by atoms with E-state index in [2.05, 4.69) is 29.0 Å². The lowest BCUT2D eigenvalue weighted by atomic mass is 10.2. The SMILES string of the molecule is CN(C)CCCCc1nc2cc(Cl)c(Cl)cc2[nH]1. The normalized spacial score (nSPS) is 11.6. The van der Waals surface area contributed by atoms with Gasteiger partial charge in [0.15, 0.2) is 0 Å². The number of H-pyrrole nitrogens is 1. The zero-order valence-corrected chi connectivity index (χ0v) is 12.1. The third-order valence-corrected chi connectivity index (χ3v) is 3.56. The van der Waals surface area contributed by atoms with Crippen LogP contribution in [0, 0.1) is 0 Å². The maximum absolute atomic E-state index is 5.97. The summed E-state index contributed by atoms with van der Waals surface area (Å²) in [6.07, 6.45) is 3.25. The molecule has 1 heterocycles. The van der Waals surface area contributed by atoms with Crippen molar-refractivity contribution >= 4 is 34.2 Å². The van der Waals surface area contributed by atoms with Crippen molar-refractivity contribution in [2.75, 3.05) is 20.6 Å². The Morgan fingerprint density at radius 1 is 1.17 bits per heavy atom. The van der Waals surface area contributed by atoms with Gasteiger partial charge < -0.3 is 9.88 Å². The minimum absolute atomic E-state index is 0.551. The molecule has 0 aliphatic rings. The monoisotopic (exact) mass is 285 g/mol. The van der Waals surface area contributed by atoms with Crippen LogP contribution in [0.2, 0.25) is 10.0 Å². The average Bonchev–Trinajstić information content (AvgIpc) is 2.67. The van der Waals surface area contributed by atoms with E-state index in [1.54, 1.807) is 6.07 Å². The molecule has 0 aliphatic heterocycles. The number of benzene rings is 1. The number of hydrogen-bond acceptors (Lipinski definition) is 2. The summed E-state index contributed by atoms with van der Waals surface area (Å²) in [7, 11) is 4.18. The fraction of sp³-hybridized carbons (Fsp3) is 0.462. The van der Waals surface area contributed by atoms with Gasteiger partial charge in [0.1, 0.15) is 5.82 Å². The number of aryl methyl sites for hydroxylation is 1. The van der Waals surface area contributed by atoms with Crippen LogP contribution in [0.1, 0.15) is 18.7 Å². The van der Waals surface area contributed by atoms with Crippen molar-refractivity contribution in [1.82, 2.24) is 14.9 Å². The molecule has 18 heavy (non-hydrogen) atoms. The first-order valence-corrected chi connectivity index (χ1v) is 6.80. The summed E-state index contributed by atoms with van der Waals surface area (Å²) in [6, 6.07) is 3.63. The molecule has 0 amide bonds. The van der Waals surface area contributed by atoms with E-state index in [0.29, 0.717) is 10.0 Å². The van der Waals surface area contributed by atoms with Crippen LogP contribution in [0.3, 0.4) is 0 Å². The van der Waals surface area contributed by atoms with Crippen LogP contribution in [0.4, 0.5) is 0 Å². The van der Waals surface area contributed by atoms with Crippen molar-refractivity contribution < 1.29 is 0 Å². The molecule has 1 N–H and O–H groups in total. The van der Waals surface area contributed by atoms with Gasteiger partial charge in [-0.25, -0.2) is 4.98 Å². The molecule has 0 saturated carbocycles. The second kappa shape index (κ2) is 5.91. The molecule has 0 saturated heterocycles. The molecule has 2 rings (SSSR count). The van der Waals surface area contributed by atoms with Crippen molar-refractivity contribution in [2.24, 2.45) is 0 Å². The van der Waals surface area contributed by atoms with Crippen LogP contribution in [-0.2, 0) is 6.42 Å². The van der Waals surface area contributed by atoms with E-state index in [0.717, 1.165) is 36.2 Å². The lowest BCUT2D eigenvalue weighted by Crippen LogP contribution is -2.12. The highest BCUT2D eigenvalue weighted by atomic mass is 35.5. The molecule has 5 heteroatoms. The third kappa shape index (κ3) is 3.37. The first kappa shape index (κ1) is 13.7. The van der Waals surface area contributed by atoms with Crippen molar-refractivity contribution in [3.63, 3.8) is 0 Å². The first-order chi connectivity index (χ1) is 8.56. The Balaban J connectivity index is 2.02. The molecule has 0 bridgehead atoms. The number of rotatable bonds is 5. The maximum Gasteiger partial charge on any atom is 0.107 e. The Morgan fingerprint density at radius 3 is 2.61 bits per heavy atom. The van der Waals surface area contributed by atoms with E-state index in [1.807, 2.05) is 6.07 Å². The number of halogens is 2. The molecule has 0 unspecified atom stereocenters. The van der Waals surface area contributed by atoms with Crippen molar-refractivity contribution in [1.29, 1.82) is 0 Å². The molecule has 1 aromatic carbocycles. The Bertz CT molecular complexity index is 495. The molecule has 2 aromatic rings. The van der Waals surface area contributed by atoms with Crippen LogP contribution in [0.15, 0.2) is 12.1 Å². The largest absolute Gasteiger partial charge is 0.342 e. The van der Waals surface area contributed by atoms with Gasteiger partial charge in [0.25, 0.3) is 0 Å². The van der Waals surface area contributed by atoms with Crippen LogP contribution in [0.5, 0.6) is 0 Å². The second-order valence-corrected chi connectivity index (χ2v) is 5.54. The number of unbranched alkanes of at least 4 members (excludes halogenated alkanes) is 1. The molecule has 0 spiro atoms. The Kier molecular flexibility index (Phi) is 4.49. The van der Waals surface area contributed by atoms with Gasteiger partial charge in [-0.15, -0.1) is 0 Å². The van der Waals surface area contributed by atoms with Gasteiger partial charge in [0, 0.05) is 6.42 Å². The highest BCUT2D eigenvalue weighted by Gasteiger charge is 2.06. The van der Waals surface area contributed by atoms with Gasteiger partial charge >= 0.3 is 0 Å². The molecular formula is C13H17Cl2N3. The highest BCUT2D eigenvalue weighted by Crippen LogP contribution is 2.26. The predicted octanol–water partition coefficient (Wildman–Crippen LogP) is 3.75. The highest BCUT2D eigenvalue weighted by molar-refractivity contribution is 6.42. The number of nitrogens with zero attached hydrogens (tertiary/aromatic N) is 2. The molecular weight excluding hydrogens is 269 g/mol. The molecule has 0 atom stereocenters. The van der Waals surface area contributed by atoms with Gasteiger partial charge in [-0.1, -0.05) is 23.2 Å². The van der Waals surface area contributed by atoms with Gasteiger partial charge in [-0.3, -0.25) is 0 Å². The van der Waals surface area contributed by atoms with Crippen molar-refractivity contribution in [3.05, 3.63) is 28.0 Å². The molecule has 98 valence electrons. The maximum atomic E-state index is 5.97. The lowest BCUT2D eigenvalue weighted by molar-refractivity contribution is 0.394. The summed E-state index contributed by atoms with van der Waals surface area (Å²) < 4.78 is 0. The predicted molar refractivity (Wildman–Crippen MR) is 77.6 cm³/mol. The van der Waals surface area contributed by atoms with E-state index in [9.17, 15) is 0 Å². The van der Waals surface area contributed by atoms with Gasteiger partial charge in [-0.05, 0) is 45.6 Å². The number of nitrogens with one attached hydrogen (secondary N) is 1. The summed E-state index contributed by atoms with van der Waals surface area (Å²) >= 11 is 11.9. The third-order valence-electron chi connectivity index (χ3n) is 2.84. The number of imidazole rings is 1. The molecule has 3 nitrogen and oxygen atoms in total. The van der Waals surface area contributed by atoms with E-state index in [-0.39, 0.29) is 0 Å². The minimum atomic E-state index is 0.551. The number of aromatic amines is 1. The summed E-state index contributed by atoms with van der Waals surface area (Å²) in [5.74, 6) is 1.00. The van der Waals surface area contributed by atoms with Crippen LogP contribution >= 0.6 is 23.2 Å². The smallest absolute Gasteiger partial charge is 0.107 e. The van der Waals surface area contributed by atoms with Crippen molar-refractivity contribution in [3.8, 4) is 0 Å². The first-order valence-electron chi connectivity index (χ1n) is 6.04. The summed E-state index contributed by atoms with van der Waals surface area (Å²) in [5.41, 5.74) is 1.83. The van der Waals surface area contributed by atoms with Crippen LogP contribution < -0.4 is 0 Å². The molecule has 0 radical (unpaired) electrons. The quantitative estimate of drug-likeness (QED) is 0.849. The number of hydrogen-bond donors (Lipinski definition) is 1. The Hall–Kier alpha value is -0.770. The topological polar surface area (TPSA) is 31.9 Å². The Morgan fingerprint density at radius 2 is 1.89 bits per heavy atom. The zero-order chi connectivity index (χ0) is 13.1. The van der Waals surface area contributed by atoms with E-state index >= 15 is 0 Å². The second-order valence-electron chi connectivity index (χ2n) is 4.73. The minimum Gasteiger partial charge on any atom is -0.342 e. The van der Waals surface area contributed by atoms with Crippen LogP contribution in [0.25, 0.3) is 11.0 Å². The van der Waals surface area contributed by atoms with E-state index < -0.39 is 0 Å². The van der Waals surface area contributed by atoms with Crippen LogP contribution in [-0.4, -0.2) is 35.5 Å². The number of fused-ring (bicyclic) bond motifs is 1. The fourth-order valence-electron chi connectivity index (χ4n) is 1.90. The molecule has 0 fully saturated rings. The molecule has 1 aromatic heterocycles. The zero-order valence-electron chi connectivity index (χ0n) is 10.6. The summed E-state index contributed by atoms with van der Waals surface area (Å²) in [6.45, 7) is 1.11. The Labute approximate surface area is 117 Å². The van der Waals surface area contributed by atoms with Gasteiger partial charge in [0.05, 0.1) is 21.1 Å². The van der Waals surface area contributed by atoms with Gasteiger partial charge in [0.2, 0.25) is 0 Å². The number of aromatic nitrogens is 2. The summed E-state index contributed by atoms with van der Waals surface area (Å²) in [5, 5.41) is 1.11. The molecule has 0 aliphatic carbocycles. The lowest BCUT2D eigenvalue weighted by Gasteiger charge is -2.07. The fourth-order valence-corrected chi connectivity index (χ4v) is 2.22. The average molecular weight is 286 g/mol. The van der Waals surface area contributed by atoms with Gasteiger partial charge in [-0.2, -0.15) is 0 Å². The van der Waals surface area contributed by atoms with Crippen molar-refractivity contribution in [2.45, 2.75) is 19.3 Å². The standard InChI is InChI=1S/C13H17Cl2N3/c1-18(2)6-4-3-5-13-16-11-7-9(14)10(15)8-12(11)17-13/h7-8H,3-6H2,1-2H3,(H,16,17). The van der Waals surface area contributed by atoms with E-state index in [1.165, 1.54) is 6.42 Å².